The predicted octanol–water partition coefficient (Wildman–Crippen LogP) is 5.59. The van der Waals surface area contributed by atoms with Gasteiger partial charge in [-0.2, -0.15) is 0 Å². The molecule has 1 saturated heterocycles. The minimum atomic E-state index is -4.07. The molecular weight excluding hydrogens is 549 g/mol. The monoisotopic (exact) mass is 577 g/mol. The summed E-state index contributed by atoms with van der Waals surface area (Å²) in [6.45, 7) is 0.677. The minimum Gasteiger partial charge on any atom is -0.494 e. The second kappa shape index (κ2) is 12.5. The maximum absolute atomic E-state index is 13.3. The van der Waals surface area contributed by atoms with E-state index in [9.17, 15) is 18.4 Å². The van der Waals surface area contributed by atoms with Gasteiger partial charge in [-0.1, -0.05) is 48.0 Å². The van der Waals surface area contributed by atoms with Gasteiger partial charge in [0.1, 0.15) is 5.75 Å². The van der Waals surface area contributed by atoms with Crippen LogP contribution in [0.5, 0.6) is 5.75 Å². The molecule has 0 aliphatic carbocycles. The van der Waals surface area contributed by atoms with Crippen LogP contribution in [-0.2, 0) is 31.7 Å². The van der Waals surface area contributed by atoms with Crippen molar-refractivity contribution in [2.75, 3.05) is 19.8 Å². The summed E-state index contributed by atoms with van der Waals surface area (Å²) in [6, 6.07) is 20.1. The molecule has 4 rings (SSSR count). The Balaban J connectivity index is 1.35. The molecule has 3 aromatic carbocycles. The molecule has 0 atom stereocenters. The molecule has 10 heteroatoms. The standard InChI is InChI=1S/C28H29Cl2NO6S/c29-19-23-7-6-22(18-26(23)30)21-5-1-3-20(17-21)4-2-14-37-24-8-10-25(11-9-24)38(34,35)28(27(32)31-33)12-15-36-16-13-28/h1,3,5-11,17-18,33H,2,4,12-16,19H2,(H,31,32). The molecule has 2 N–H and O–H groups in total. The number of amides is 1. The highest BCUT2D eigenvalue weighted by molar-refractivity contribution is 7.93. The summed E-state index contributed by atoms with van der Waals surface area (Å²) in [5.41, 5.74) is 5.67. The van der Waals surface area contributed by atoms with Crippen molar-refractivity contribution in [3.63, 3.8) is 0 Å². The SMILES string of the molecule is O=C(NO)C1(S(=O)(=O)c2ccc(OCCCc3cccc(-c4ccc(CCl)c(Cl)c4)c3)cc2)CCOCC1. The van der Waals surface area contributed by atoms with Crippen LogP contribution < -0.4 is 10.2 Å². The first-order chi connectivity index (χ1) is 18.3. The highest BCUT2D eigenvalue weighted by Crippen LogP contribution is 2.36. The topological polar surface area (TPSA) is 102 Å². The van der Waals surface area contributed by atoms with E-state index in [1.165, 1.54) is 17.6 Å². The van der Waals surface area contributed by atoms with Crippen molar-refractivity contribution in [2.24, 2.45) is 0 Å². The maximum atomic E-state index is 13.3. The summed E-state index contributed by atoms with van der Waals surface area (Å²) in [7, 11) is -4.07. The summed E-state index contributed by atoms with van der Waals surface area (Å²) in [5.74, 6) is -0.0469. The molecule has 0 radical (unpaired) electrons. The highest BCUT2D eigenvalue weighted by Gasteiger charge is 2.52. The number of nitrogens with one attached hydrogen (secondary N) is 1. The summed E-state index contributed by atoms with van der Waals surface area (Å²) in [6.07, 6.45) is 1.49. The zero-order chi connectivity index (χ0) is 27.2. The van der Waals surface area contributed by atoms with Crippen LogP contribution >= 0.6 is 23.2 Å². The van der Waals surface area contributed by atoms with E-state index in [1.807, 2.05) is 30.3 Å². The molecule has 0 bridgehead atoms. The smallest absolute Gasteiger partial charge is 0.265 e. The number of hydrogen-bond donors (Lipinski definition) is 2. The van der Waals surface area contributed by atoms with Gasteiger partial charge in [0.2, 0.25) is 0 Å². The molecule has 7 nitrogen and oxygen atoms in total. The molecule has 1 heterocycles. The number of alkyl halides is 1. The Morgan fingerprint density at radius 3 is 2.39 bits per heavy atom. The minimum absolute atomic E-state index is 0.00801. The largest absolute Gasteiger partial charge is 0.494 e. The lowest BCUT2D eigenvalue weighted by molar-refractivity contribution is -0.134. The lowest BCUT2D eigenvalue weighted by Crippen LogP contribution is -2.54. The van der Waals surface area contributed by atoms with Crippen LogP contribution in [0.4, 0.5) is 0 Å². The van der Waals surface area contributed by atoms with Gasteiger partial charge in [-0.15, -0.1) is 11.6 Å². The molecule has 0 aromatic heterocycles. The number of halogens is 2. The van der Waals surface area contributed by atoms with E-state index < -0.39 is 20.5 Å². The van der Waals surface area contributed by atoms with Crippen molar-refractivity contribution >= 4 is 38.9 Å². The predicted molar refractivity (Wildman–Crippen MR) is 147 cm³/mol. The van der Waals surface area contributed by atoms with Crippen molar-refractivity contribution < 1.29 is 27.9 Å². The summed E-state index contributed by atoms with van der Waals surface area (Å²) < 4.78 is 36.0. The number of hydroxylamine groups is 1. The van der Waals surface area contributed by atoms with Gasteiger partial charge in [-0.25, -0.2) is 13.9 Å². The first kappa shape index (κ1) is 28.4. The van der Waals surface area contributed by atoms with Gasteiger partial charge in [0.25, 0.3) is 5.91 Å². The quantitative estimate of drug-likeness (QED) is 0.141. The lowest BCUT2D eigenvalue weighted by atomic mass is 9.98. The fourth-order valence-corrected chi connectivity index (χ4v) is 7.06. The van der Waals surface area contributed by atoms with Crippen LogP contribution in [0.15, 0.2) is 71.6 Å². The molecule has 0 unspecified atom stereocenters. The fourth-order valence-electron chi connectivity index (χ4n) is 4.57. The van der Waals surface area contributed by atoms with E-state index in [0.29, 0.717) is 23.3 Å². The number of carbonyl (C=O) groups is 1. The van der Waals surface area contributed by atoms with Crippen LogP contribution in [0.3, 0.4) is 0 Å². The zero-order valence-corrected chi connectivity index (χ0v) is 23.0. The fraction of sp³-hybridized carbons (Fsp3) is 0.321. The third-order valence-corrected chi connectivity index (χ3v) is 9.96. The molecule has 38 heavy (non-hydrogen) atoms. The number of sulfone groups is 1. The molecule has 1 aliphatic heterocycles. The van der Waals surface area contributed by atoms with Crippen LogP contribution in [-0.4, -0.2) is 44.1 Å². The van der Waals surface area contributed by atoms with Gasteiger partial charge in [-0.3, -0.25) is 10.0 Å². The molecule has 3 aromatic rings. The van der Waals surface area contributed by atoms with Gasteiger partial charge in [0.05, 0.1) is 11.5 Å². The maximum Gasteiger partial charge on any atom is 0.265 e. The van der Waals surface area contributed by atoms with E-state index >= 15 is 0 Å². The van der Waals surface area contributed by atoms with Crippen molar-refractivity contribution in [2.45, 2.75) is 41.2 Å². The average Bonchev–Trinajstić information content (AvgIpc) is 2.95. The van der Waals surface area contributed by atoms with Gasteiger partial charge >= 0.3 is 0 Å². The van der Waals surface area contributed by atoms with E-state index in [2.05, 4.69) is 12.1 Å². The van der Waals surface area contributed by atoms with E-state index in [4.69, 9.17) is 32.7 Å². The molecule has 0 spiro atoms. The van der Waals surface area contributed by atoms with Gasteiger partial charge < -0.3 is 9.47 Å². The first-order valence-electron chi connectivity index (χ1n) is 12.2. The Labute approximate surface area is 232 Å². The summed E-state index contributed by atoms with van der Waals surface area (Å²) in [5, 5.41) is 9.83. The Hall–Kier alpha value is -2.62. The van der Waals surface area contributed by atoms with Crippen molar-refractivity contribution in [1.29, 1.82) is 0 Å². The highest BCUT2D eigenvalue weighted by atomic mass is 35.5. The Kier molecular flexibility index (Phi) is 9.33. The zero-order valence-electron chi connectivity index (χ0n) is 20.7. The first-order valence-corrected chi connectivity index (χ1v) is 14.6. The number of hydrogen-bond acceptors (Lipinski definition) is 6. The number of benzene rings is 3. The Morgan fingerprint density at radius 2 is 1.74 bits per heavy atom. The number of carbonyl (C=O) groups excluding carboxylic acids is 1. The average molecular weight is 579 g/mol. The van der Waals surface area contributed by atoms with Gasteiger partial charge in [0.15, 0.2) is 14.6 Å². The number of ether oxygens (including phenoxy) is 2. The normalized spacial score (nSPS) is 15.1. The van der Waals surface area contributed by atoms with Gasteiger partial charge in [-0.05, 0) is 78.3 Å². The Morgan fingerprint density at radius 1 is 1.03 bits per heavy atom. The second-order valence-electron chi connectivity index (χ2n) is 9.11. The molecule has 0 saturated carbocycles. The Bertz CT molecular complexity index is 1370. The van der Waals surface area contributed by atoms with Crippen LogP contribution in [0.25, 0.3) is 11.1 Å². The third-order valence-electron chi connectivity index (χ3n) is 6.80. The van der Waals surface area contributed by atoms with Gasteiger partial charge in [0, 0.05) is 24.1 Å². The van der Waals surface area contributed by atoms with E-state index in [-0.39, 0.29) is 31.0 Å². The van der Waals surface area contributed by atoms with E-state index in [0.717, 1.165) is 35.1 Å². The summed E-state index contributed by atoms with van der Waals surface area (Å²) in [4.78, 5) is 12.4. The molecule has 202 valence electrons. The van der Waals surface area contributed by atoms with Crippen molar-refractivity contribution in [1.82, 2.24) is 5.48 Å². The van der Waals surface area contributed by atoms with Crippen LogP contribution in [0.2, 0.25) is 5.02 Å². The molecule has 1 fully saturated rings. The molecule has 1 aliphatic rings. The summed E-state index contributed by atoms with van der Waals surface area (Å²) >= 11 is 12.2. The van der Waals surface area contributed by atoms with Crippen molar-refractivity contribution in [3.8, 4) is 16.9 Å². The number of rotatable bonds is 10. The van der Waals surface area contributed by atoms with Crippen molar-refractivity contribution in [3.05, 3.63) is 82.9 Å². The van der Waals surface area contributed by atoms with Crippen LogP contribution in [0, 0.1) is 0 Å². The second-order valence-corrected chi connectivity index (χ2v) is 12.0. The van der Waals surface area contributed by atoms with E-state index in [1.54, 1.807) is 12.1 Å². The number of aryl methyl sites for hydroxylation is 1. The lowest BCUT2D eigenvalue weighted by Gasteiger charge is -2.34. The molecular formula is C28H29Cl2NO6S. The molecule has 1 amide bonds. The third kappa shape index (κ3) is 6.00. The van der Waals surface area contributed by atoms with Crippen LogP contribution in [0.1, 0.15) is 30.4 Å².